The molecule has 0 radical (unpaired) electrons. The van der Waals surface area contributed by atoms with Crippen LogP contribution in [-0.4, -0.2) is 13.1 Å². The lowest BCUT2D eigenvalue weighted by Crippen LogP contribution is -2.27. The highest BCUT2D eigenvalue weighted by atomic mass is 35.5. The molecule has 0 saturated heterocycles. The summed E-state index contributed by atoms with van der Waals surface area (Å²) in [5.41, 5.74) is 1.18. The molecule has 0 spiro atoms. The monoisotopic (exact) mass is 329 g/mol. The van der Waals surface area contributed by atoms with Crippen LogP contribution in [0, 0.1) is 0 Å². The number of hydrogen-bond donors (Lipinski definition) is 1. The van der Waals surface area contributed by atoms with Gasteiger partial charge in [-0.3, -0.25) is 0 Å². The van der Waals surface area contributed by atoms with Gasteiger partial charge in [0, 0.05) is 16.1 Å². The molecule has 1 unspecified atom stereocenters. The Hall–Kier alpha value is -0.240. The summed E-state index contributed by atoms with van der Waals surface area (Å²) in [6.45, 7) is 2.26. The fraction of sp³-hybridized carbons (Fsp3) is 0.667. The highest BCUT2D eigenvalue weighted by Crippen LogP contribution is 2.23. The van der Waals surface area contributed by atoms with Crippen LogP contribution in [0.1, 0.15) is 63.9 Å². The van der Waals surface area contributed by atoms with Gasteiger partial charge >= 0.3 is 0 Å². The van der Waals surface area contributed by atoms with Crippen LogP contribution in [0.5, 0.6) is 0 Å². The second-order valence-electron chi connectivity index (χ2n) is 5.84. The quantitative estimate of drug-likeness (QED) is 0.472. The van der Waals surface area contributed by atoms with Gasteiger partial charge in [-0.05, 0) is 37.6 Å². The third-order valence-corrected chi connectivity index (χ3v) is 4.63. The molecule has 1 nitrogen and oxygen atoms in total. The third-order valence-electron chi connectivity index (χ3n) is 4.05. The number of unbranched alkanes of at least 4 members (excludes halogenated alkanes) is 6. The highest BCUT2D eigenvalue weighted by Gasteiger charge is 2.10. The molecule has 1 atom stereocenters. The normalized spacial score (nSPS) is 12.6. The van der Waals surface area contributed by atoms with Crippen molar-refractivity contribution < 1.29 is 0 Å². The van der Waals surface area contributed by atoms with Gasteiger partial charge in [-0.25, -0.2) is 0 Å². The van der Waals surface area contributed by atoms with Gasteiger partial charge in [0.1, 0.15) is 0 Å². The van der Waals surface area contributed by atoms with Crippen LogP contribution in [0.25, 0.3) is 0 Å². The fourth-order valence-corrected chi connectivity index (χ4v) is 3.13. The van der Waals surface area contributed by atoms with Gasteiger partial charge in [0.15, 0.2) is 0 Å². The summed E-state index contributed by atoms with van der Waals surface area (Å²) in [6.07, 6.45) is 11.7. The molecule has 1 rings (SSSR count). The van der Waals surface area contributed by atoms with Crippen LogP contribution in [0.4, 0.5) is 0 Å². The number of rotatable bonds is 11. The first kappa shape index (κ1) is 18.8. The molecule has 0 saturated carbocycles. The lowest BCUT2D eigenvalue weighted by atomic mass is 9.99. The van der Waals surface area contributed by atoms with Crippen LogP contribution < -0.4 is 5.32 Å². The molecule has 0 aliphatic carbocycles. The summed E-state index contributed by atoms with van der Waals surface area (Å²) in [7, 11) is 2.04. The molecule has 0 aliphatic heterocycles. The third kappa shape index (κ3) is 8.09. The molecule has 0 aliphatic rings. The van der Waals surface area contributed by atoms with Crippen molar-refractivity contribution in [3.63, 3.8) is 0 Å². The number of nitrogens with one attached hydrogen (secondary N) is 1. The number of hydrogen-bond acceptors (Lipinski definition) is 1. The lowest BCUT2D eigenvalue weighted by molar-refractivity contribution is 0.478. The van der Waals surface area contributed by atoms with Crippen LogP contribution in [-0.2, 0) is 6.42 Å². The molecule has 0 heterocycles. The molecule has 1 N–H and O–H groups in total. The van der Waals surface area contributed by atoms with Crippen molar-refractivity contribution in [2.45, 2.75) is 70.8 Å². The van der Waals surface area contributed by atoms with Crippen LogP contribution >= 0.6 is 23.2 Å². The SMILES string of the molecule is CCCCCCCCCC(Cc1ccc(Cl)cc1Cl)NC. The number of benzene rings is 1. The van der Waals surface area contributed by atoms with Crippen LogP contribution in [0.15, 0.2) is 18.2 Å². The van der Waals surface area contributed by atoms with Crippen molar-refractivity contribution in [2.24, 2.45) is 0 Å². The predicted molar refractivity (Wildman–Crippen MR) is 95.6 cm³/mol. The summed E-state index contributed by atoms with van der Waals surface area (Å²) < 4.78 is 0. The zero-order valence-electron chi connectivity index (χ0n) is 13.4. The first-order valence-corrected chi connectivity index (χ1v) is 9.04. The summed E-state index contributed by atoms with van der Waals surface area (Å²) in [5, 5.41) is 4.90. The second kappa shape index (κ2) is 11.3. The molecule has 120 valence electrons. The minimum atomic E-state index is 0.499. The van der Waals surface area contributed by atoms with Crippen molar-refractivity contribution >= 4 is 23.2 Å². The van der Waals surface area contributed by atoms with E-state index < -0.39 is 0 Å². The van der Waals surface area contributed by atoms with E-state index in [0.29, 0.717) is 11.1 Å². The number of halogens is 2. The summed E-state index contributed by atoms with van der Waals surface area (Å²) in [5.74, 6) is 0. The maximum absolute atomic E-state index is 6.25. The molecule has 0 amide bonds. The van der Waals surface area contributed by atoms with Crippen molar-refractivity contribution in [1.82, 2.24) is 5.32 Å². The van der Waals surface area contributed by atoms with Gasteiger partial charge in [0.25, 0.3) is 0 Å². The van der Waals surface area contributed by atoms with Crippen molar-refractivity contribution in [1.29, 1.82) is 0 Å². The van der Waals surface area contributed by atoms with Gasteiger partial charge in [-0.15, -0.1) is 0 Å². The zero-order valence-corrected chi connectivity index (χ0v) is 14.9. The molecule has 1 aromatic rings. The van der Waals surface area contributed by atoms with Crippen molar-refractivity contribution in [2.75, 3.05) is 7.05 Å². The Balaban J connectivity index is 2.25. The smallest absolute Gasteiger partial charge is 0.0453 e. The average molecular weight is 330 g/mol. The van der Waals surface area contributed by atoms with Gasteiger partial charge in [-0.1, -0.05) is 81.1 Å². The molecule has 0 bridgehead atoms. The van der Waals surface area contributed by atoms with E-state index in [1.54, 1.807) is 0 Å². The summed E-state index contributed by atoms with van der Waals surface area (Å²) in [6, 6.07) is 6.29. The Morgan fingerprint density at radius 2 is 1.67 bits per heavy atom. The molecular formula is C18H29Cl2N. The second-order valence-corrected chi connectivity index (χ2v) is 6.68. The van der Waals surface area contributed by atoms with Gasteiger partial charge in [0.2, 0.25) is 0 Å². The van der Waals surface area contributed by atoms with E-state index >= 15 is 0 Å². The molecule has 0 fully saturated rings. The van der Waals surface area contributed by atoms with E-state index in [1.165, 1.54) is 56.9 Å². The molecule has 1 aromatic carbocycles. The topological polar surface area (TPSA) is 12.0 Å². The van der Waals surface area contributed by atoms with E-state index in [9.17, 15) is 0 Å². The average Bonchev–Trinajstić information content (AvgIpc) is 2.47. The van der Waals surface area contributed by atoms with Crippen molar-refractivity contribution in [3.8, 4) is 0 Å². The van der Waals surface area contributed by atoms with E-state index in [4.69, 9.17) is 23.2 Å². The first-order valence-electron chi connectivity index (χ1n) is 8.28. The minimum Gasteiger partial charge on any atom is -0.317 e. The molecular weight excluding hydrogens is 301 g/mol. The van der Waals surface area contributed by atoms with E-state index in [-0.39, 0.29) is 0 Å². The standard InChI is InChI=1S/C18H29Cl2N/c1-3-4-5-6-7-8-9-10-17(21-2)13-15-11-12-16(19)14-18(15)20/h11-12,14,17,21H,3-10,13H2,1-2H3. The van der Waals surface area contributed by atoms with Gasteiger partial charge in [-0.2, -0.15) is 0 Å². The zero-order chi connectivity index (χ0) is 15.5. The van der Waals surface area contributed by atoms with E-state index in [0.717, 1.165) is 11.4 Å². The summed E-state index contributed by atoms with van der Waals surface area (Å²) >= 11 is 12.2. The fourth-order valence-electron chi connectivity index (χ4n) is 2.65. The summed E-state index contributed by atoms with van der Waals surface area (Å²) in [4.78, 5) is 0. The van der Waals surface area contributed by atoms with E-state index in [2.05, 4.69) is 12.2 Å². The Morgan fingerprint density at radius 1 is 1.00 bits per heavy atom. The maximum atomic E-state index is 6.25. The Bertz CT molecular complexity index is 393. The first-order chi connectivity index (χ1) is 10.2. The lowest BCUT2D eigenvalue weighted by Gasteiger charge is -2.17. The molecule has 21 heavy (non-hydrogen) atoms. The van der Waals surface area contributed by atoms with Crippen molar-refractivity contribution in [3.05, 3.63) is 33.8 Å². The highest BCUT2D eigenvalue weighted by molar-refractivity contribution is 6.35. The Kier molecular flexibility index (Phi) is 10.2. The maximum Gasteiger partial charge on any atom is 0.0453 e. The molecule has 3 heteroatoms. The van der Waals surface area contributed by atoms with Crippen LogP contribution in [0.3, 0.4) is 0 Å². The molecule has 0 aromatic heterocycles. The van der Waals surface area contributed by atoms with Crippen LogP contribution in [0.2, 0.25) is 10.0 Å². The van der Waals surface area contributed by atoms with Gasteiger partial charge < -0.3 is 5.32 Å². The Morgan fingerprint density at radius 3 is 2.29 bits per heavy atom. The predicted octanol–water partition coefficient (Wildman–Crippen LogP) is 6.26. The largest absolute Gasteiger partial charge is 0.317 e. The minimum absolute atomic E-state index is 0.499. The number of likely N-dealkylation sites (N-methyl/N-ethyl adjacent to an activating group) is 1. The van der Waals surface area contributed by atoms with E-state index in [1.807, 2.05) is 25.2 Å². The van der Waals surface area contributed by atoms with Gasteiger partial charge in [0.05, 0.1) is 0 Å². The Labute approximate surface area is 140 Å².